The minimum Gasteiger partial charge on any atom is -0.508 e. The second kappa shape index (κ2) is 5.58. The van der Waals surface area contributed by atoms with Crippen molar-refractivity contribution in [3.05, 3.63) is 59.2 Å². The molecular formula is C14H9F2NO4. The summed E-state index contributed by atoms with van der Waals surface area (Å²) < 4.78 is 27.0. The third-order valence-corrected chi connectivity index (χ3v) is 2.67. The molecule has 0 bridgehead atoms. The van der Waals surface area contributed by atoms with Gasteiger partial charge in [-0.05, 0) is 24.3 Å². The van der Waals surface area contributed by atoms with Crippen LogP contribution in [0.5, 0.6) is 5.75 Å². The van der Waals surface area contributed by atoms with E-state index in [0.29, 0.717) is 0 Å². The molecule has 7 heteroatoms. The van der Waals surface area contributed by atoms with Crippen LogP contribution in [0, 0.1) is 11.6 Å². The van der Waals surface area contributed by atoms with E-state index in [-0.39, 0.29) is 11.4 Å². The molecule has 0 saturated carbocycles. The van der Waals surface area contributed by atoms with Crippen molar-refractivity contribution < 1.29 is 28.6 Å². The lowest BCUT2D eigenvalue weighted by atomic mass is 10.1. The lowest BCUT2D eigenvalue weighted by Crippen LogP contribution is -2.17. The molecule has 0 saturated heterocycles. The number of anilines is 1. The number of phenolic OH excluding ortho intramolecular Hbond substituents is 1. The van der Waals surface area contributed by atoms with Gasteiger partial charge in [-0.3, -0.25) is 4.79 Å². The van der Waals surface area contributed by atoms with E-state index in [9.17, 15) is 18.4 Å². The maximum absolute atomic E-state index is 13.5. The molecule has 0 aliphatic heterocycles. The number of phenols is 1. The van der Waals surface area contributed by atoms with E-state index in [2.05, 4.69) is 5.32 Å². The fourth-order valence-electron chi connectivity index (χ4n) is 1.72. The Morgan fingerprint density at radius 1 is 1.05 bits per heavy atom. The monoisotopic (exact) mass is 293 g/mol. The number of carbonyl (C=O) groups excluding carboxylic acids is 1. The summed E-state index contributed by atoms with van der Waals surface area (Å²) in [5.74, 6) is -4.89. The van der Waals surface area contributed by atoms with Gasteiger partial charge in [0.15, 0.2) is 0 Å². The minimum absolute atomic E-state index is 0.292. The highest BCUT2D eigenvalue weighted by Crippen LogP contribution is 2.21. The van der Waals surface area contributed by atoms with Gasteiger partial charge in [0.1, 0.15) is 22.9 Å². The van der Waals surface area contributed by atoms with Crippen LogP contribution in [0.25, 0.3) is 0 Å². The summed E-state index contributed by atoms with van der Waals surface area (Å²) in [6, 6.07) is 6.19. The van der Waals surface area contributed by atoms with Crippen LogP contribution in [0.3, 0.4) is 0 Å². The summed E-state index contributed by atoms with van der Waals surface area (Å²) in [5.41, 5.74) is -1.42. The zero-order chi connectivity index (χ0) is 15.6. The first-order valence-electron chi connectivity index (χ1n) is 5.72. The van der Waals surface area contributed by atoms with Gasteiger partial charge < -0.3 is 15.5 Å². The first-order valence-corrected chi connectivity index (χ1v) is 5.72. The Labute approximate surface area is 117 Å². The fraction of sp³-hybridized carbons (Fsp3) is 0. The summed E-state index contributed by atoms with van der Waals surface area (Å²) in [6.07, 6.45) is 0. The number of benzene rings is 2. The Morgan fingerprint density at radius 2 is 1.76 bits per heavy atom. The quantitative estimate of drug-likeness (QED) is 0.812. The van der Waals surface area contributed by atoms with Gasteiger partial charge in [0.05, 0.1) is 11.3 Å². The number of amides is 1. The van der Waals surface area contributed by atoms with Crippen LogP contribution in [0.4, 0.5) is 14.5 Å². The van der Waals surface area contributed by atoms with Crippen molar-refractivity contribution in [1.29, 1.82) is 0 Å². The van der Waals surface area contributed by atoms with Crippen LogP contribution < -0.4 is 5.32 Å². The van der Waals surface area contributed by atoms with Crippen LogP contribution in [0.2, 0.25) is 0 Å². The van der Waals surface area contributed by atoms with Gasteiger partial charge in [0, 0.05) is 6.07 Å². The van der Waals surface area contributed by atoms with E-state index in [1.54, 1.807) is 0 Å². The van der Waals surface area contributed by atoms with Crippen molar-refractivity contribution in [3.63, 3.8) is 0 Å². The number of aromatic carboxylic acids is 1. The summed E-state index contributed by atoms with van der Waals surface area (Å²) in [6.45, 7) is 0. The summed E-state index contributed by atoms with van der Waals surface area (Å²) in [4.78, 5) is 22.9. The third kappa shape index (κ3) is 2.97. The van der Waals surface area contributed by atoms with E-state index in [1.807, 2.05) is 0 Å². The zero-order valence-corrected chi connectivity index (χ0v) is 10.4. The molecule has 2 aromatic carbocycles. The smallest absolute Gasteiger partial charge is 0.340 e. The van der Waals surface area contributed by atoms with E-state index in [0.717, 1.165) is 24.3 Å². The number of carboxylic acids is 1. The molecule has 0 fully saturated rings. The van der Waals surface area contributed by atoms with Gasteiger partial charge in [-0.15, -0.1) is 0 Å². The molecule has 108 valence electrons. The highest BCUT2D eigenvalue weighted by molar-refractivity contribution is 6.08. The molecule has 5 nitrogen and oxygen atoms in total. The van der Waals surface area contributed by atoms with Gasteiger partial charge in [-0.2, -0.15) is 0 Å². The second-order valence-electron chi connectivity index (χ2n) is 4.09. The van der Waals surface area contributed by atoms with E-state index in [1.165, 1.54) is 12.1 Å². The molecule has 0 radical (unpaired) electrons. The first kappa shape index (κ1) is 14.4. The Hall–Kier alpha value is -2.96. The molecule has 1 amide bonds. The molecule has 2 rings (SSSR count). The molecule has 0 aliphatic carbocycles. The standard InChI is InChI=1S/C14H9F2NO4/c15-9-2-1-3-11(12(9)14(20)21)17-13(19)8-5-4-7(18)6-10(8)16/h1-6,18H,(H,17,19)(H,20,21). The number of hydrogen-bond acceptors (Lipinski definition) is 3. The highest BCUT2D eigenvalue weighted by Gasteiger charge is 2.19. The molecule has 2 aromatic rings. The van der Waals surface area contributed by atoms with Gasteiger partial charge in [-0.1, -0.05) is 6.07 Å². The summed E-state index contributed by atoms with van der Waals surface area (Å²) >= 11 is 0. The highest BCUT2D eigenvalue weighted by atomic mass is 19.1. The van der Waals surface area contributed by atoms with Crippen molar-refractivity contribution >= 4 is 17.6 Å². The Balaban J connectivity index is 2.36. The fourth-order valence-corrected chi connectivity index (χ4v) is 1.72. The number of rotatable bonds is 3. The van der Waals surface area contributed by atoms with Crippen molar-refractivity contribution in [2.24, 2.45) is 0 Å². The number of carboxylic acid groups (broad SMARTS) is 1. The van der Waals surface area contributed by atoms with Crippen molar-refractivity contribution in [2.45, 2.75) is 0 Å². The van der Waals surface area contributed by atoms with Gasteiger partial charge >= 0.3 is 5.97 Å². The number of nitrogens with one attached hydrogen (secondary N) is 1. The van der Waals surface area contributed by atoms with Crippen molar-refractivity contribution in [3.8, 4) is 5.75 Å². The topological polar surface area (TPSA) is 86.6 Å². The van der Waals surface area contributed by atoms with Gasteiger partial charge in [-0.25, -0.2) is 13.6 Å². The third-order valence-electron chi connectivity index (χ3n) is 2.67. The molecule has 21 heavy (non-hydrogen) atoms. The predicted molar refractivity (Wildman–Crippen MR) is 69.4 cm³/mol. The largest absolute Gasteiger partial charge is 0.508 e. The zero-order valence-electron chi connectivity index (χ0n) is 10.4. The number of hydrogen-bond donors (Lipinski definition) is 3. The lowest BCUT2D eigenvalue weighted by molar-refractivity contribution is 0.0693. The SMILES string of the molecule is O=C(Nc1cccc(F)c1C(=O)O)c1ccc(O)cc1F. The van der Waals surface area contributed by atoms with Crippen LogP contribution in [-0.4, -0.2) is 22.1 Å². The average Bonchev–Trinajstić information content (AvgIpc) is 2.37. The molecule has 0 spiro atoms. The first-order chi connectivity index (χ1) is 9.90. The maximum Gasteiger partial charge on any atom is 0.340 e. The molecule has 3 N–H and O–H groups in total. The minimum atomic E-state index is -1.56. The van der Waals surface area contributed by atoms with Crippen LogP contribution in [-0.2, 0) is 0 Å². The van der Waals surface area contributed by atoms with E-state index >= 15 is 0 Å². The van der Waals surface area contributed by atoms with Crippen molar-refractivity contribution in [2.75, 3.05) is 5.32 Å². The molecule has 0 aliphatic rings. The predicted octanol–water partition coefficient (Wildman–Crippen LogP) is 2.62. The van der Waals surface area contributed by atoms with Crippen LogP contribution >= 0.6 is 0 Å². The average molecular weight is 293 g/mol. The molecular weight excluding hydrogens is 284 g/mol. The Morgan fingerprint density at radius 3 is 2.38 bits per heavy atom. The Kier molecular flexibility index (Phi) is 3.84. The van der Waals surface area contributed by atoms with E-state index < -0.39 is 34.6 Å². The van der Waals surface area contributed by atoms with Crippen molar-refractivity contribution in [1.82, 2.24) is 0 Å². The second-order valence-corrected chi connectivity index (χ2v) is 4.09. The molecule has 0 atom stereocenters. The molecule has 0 heterocycles. The summed E-state index contributed by atoms with van der Waals surface area (Å²) in [5, 5.41) is 20.1. The number of carbonyl (C=O) groups is 2. The van der Waals surface area contributed by atoms with E-state index in [4.69, 9.17) is 10.2 Å². The summed E-state index contributed by atoms with van der Waals surface area (Å²) in [7, 11) is 0. The normalized spacial score (nSPS) is 10.2. The lowest BCUT2D eigenvalue weighted by Gasteiger charge is -2.09. The Bertz CT molecular complexity index is 731. The maximum atomic E-state index is 13.5. The van der Waals surface area contributed by atoms with Crippen LogP contribution in [0.15, 0.2) is 36.4 Å². The number of halogens is 2. The van der Waals surface area contributed by atoms with Crippen LogP contribution in [0.1, 0.15) is 20.7 Å². The van der Waals surface area contributed by atoms with Gasteiger partial charge in [0.2, 0.25) is 0 Å². The molecule has 0 unspecified atom stereocenters. The number of aromatic hydroxyl groups is 1. The molecule has 0 aromatic heterocycles. The van der Waals surface area contributed by atoms with Gasteiger partial charge in [0.25, 0.3) is 5.91 Å².